The lowest BCUT2D eigenvalue weighted by atomic mass is 9.97. The maximum atomic E-state index is 13.6. The van der Waals surface area contributed by atoms with Gasteiger partial charge in [-0.3, -0.25) is 9.59 Å². The molecule has 0 unspecified atom stereocenters. The highest BCUT2D eigenvalue weighted by atomic mass is 19.1. The monoisotopic (exact) mass is 369 g/mol. The number of rotatable bonds is 4. The van der Waals surface area contributed by atoms with Gasteiger partial charge in [-0.25, -0.2) is 8.78 Å². The normalized spacial score (nSPS) is 14.2. The minimum Gasteiger partial charge on any atom is -0.360 e. The zero-order chi connectivity index (χ0) is 19.0. The zero-order valence-corrected chi connectivity index (χ0v) is 14.3. The number of para-hydroxylation sites is 1. The van der Waals surface area contributed by atoms with Gasteiger partial charge < -0.3 is 15.2 Å². The lowest BCUT2D eigenvalue weighted by Crippen LogP contribution is -2.55. The first-order valence-electron chi connectivity index (χ1n) is 8.60. The summed E-state index contributed by atoms with van der Waals surface area (Å²) in [5, 5.41) is 3.38. The molecule has 5 nitrogen and oxygen atoms in total. The molecular weight excluding hydrogens is 352 g/mol. The van der Waals surface area contributed by atoms with Crippen molar-refractivity contribution in [2.24, 2.45) is 5.92 Å². The molecule has 0 bridgehead atoms. The third kappa shape index (κ3) is 3.16. The number of carbonyl (C=O) groups is 2. The summed E-state index contributed by atoms with van der Waals surface area (Å²) in [6.07, 6.45) is 1.67. The largest absolute Gasteiger partial charge is 0.360 e. The summed E-state index contributed by atoms with van der Waals surface area (Å²) in [6, 6.07) is 11.1. The average molecular weight is 369 g/mol. The molecule has 4 rings (SSSR count). The molecule has 1 saturated heterocycles. The van der Waals surface area contributed by atoms with E-state index >= 15 is 0 Å². The number of fused-ring (bicyclic) bond motifs is 1. The van der Waals surface area contributed by atoms with Crippen LogP contribution in [0.1, 0.15) is 15.9 Å². The second kappa shape index (κ2) is 6.83. The maximum absolute atomic E-state index is 13.6. The number of halogens is 2. The Labute approximate surface area is 154 Å². The van der Waals surface area contributed by atoms with E-state index in [0.717, 1.165) is 23.0 Å². The molecule has 2 amide bonds. The van der Waals surface area contributed by atoms with Crippen LogP contribution in [0.3, 0.4) is 0 Å². The summed E-state index contributed by atoms with van der Waals surface area (Å²) in [6.45, 7) is 0.345. The fraction of sp³-hybridized carbons (Fsp3) is 0.200. The number of aromatic amines is 1. The van der Waals surface area contributed by atoms with Crippen LogP contribution in [-0.2, 0) is 11.3 Å². The summed E-state index contributed by atoms with van der Waals surface area (Å²) in [7, 11) is 0. The van der Waals surface area contributed by atoms with Crippen molar-refractivity contribution in [2.75, 3.05) is 13.1 Å². The number of amides is 2. The first-order valence-corrected chi connectivity index (χ1v) is 8.60. The second-order valence-electron chi connectivity index (χ2n) is 6.57. The molecule has 0 aliphatic carbocycles. The van der Waals surface area contributed by atoms with Crippen LogP contribution in [0.4, 0.5) is 8.78 Å². The van der Waals surface area contributed by atoms with Crippen molar-refractivity contribution in [1.82, 2.24) is 15.2 Å². The molecule has 1 fully saturated rings. The fourth-order valence-electron chi connectivity index (χ4n) is 3.25. The van der Waals surface area contributed by atoms with Crippen molar-refractivity contribution >= 4 is 22.7 Å². The summed E-state index contributed by atoms with van der Waals surface area (Å²) in [4.78, 5) is 29.4. The lowest BCUT2D eigenvalue weighted by Gasteiger charge is -2.38. The molecule has 1 aliphatic heterocycles. The van der Waals surface area contributed by atoms with Gasteiger partial charge in [-0.15, -0.1) is 0 Å². The van der Waals surface area contributed by atoms with E-state index < -0.39 is 11.6 Å². The average Bonchev–Trinajstić information content (AvgIpc) is 3.04. The van der Waals surface area contributed by atoms with Crippen molar-refractivity contribution in [1.29, 1.82) is 0 Å². The van der Waals surface area contributed by atoms with Crippen molar-refractivity contribution in [3.63, 3.8) is 0 Å². The maximum Gasteiger partial charge on any atom is 0.256 e. The predicted molar refractivity (Wildman–Crippen MR) is 95.9 cm³/mol. The van der Waals surface area contributed by atoms with Crippen LogP contribution in [0.2, 0.25) is 0 Å². The van der Waals surface area contributed by atoms with E-state index in [1.807, 2.05) is 24.3 Å². The van der Waals surface area contributed by atoms with Crippen LogP contribution in [-0.4, -0.2) is 34.8 Å². The number of nitrogens with zero attached hydrogens (tertiary/aromatic N) is 1. The highest BCUT2D eigenvalue weighted by molar-refractivity contribution is 6.07. The Morgan fingerprint density at radius 3 is 2.52 bits per heavy atom. The van der Waals surface area contributed by atoms with Gasteiger partial charge in [0.25, 0.3) is 5.91 Å². The molecule has 2 N–H and O–H groups in total. The van der Waals surface area contributed by atoms with Crippen LogP contribution >= 0.6 is 0 Å². The molecule has 138 valence electrons. The van der Waals surface area contributed by atoms with E-state index in [2.05, 4.69) is 10.3 Å². The third-order valence-electron chi connectivity index (χ3n) is 4.86. The van der Waals surface area contributed by atoms with Gasteiger partial charge in [-0.05, 0) is 18.2 Å². The van der Waals surface area contributed by atoms with Crippen molar-refractivity contribution < 1.29 is 18.4 Å². The van der Waals surface area contributed by atoms with Crippen LogP contribution in [0.5, 0.6) is 0 Å². The highest BCUT2D eigenvalue weighted by Gasteiger charge is 2.36. The van der Waals surface area contributed by atoms with E-state index in [4.69, 9.17) is 0 Å². The number of H-pyrrole nitrogens is 1. The van der Waals surface area contributed by atoms with Crippen molar-refractivity contribution in [3.05, 3.63) is 71.4 Å². The van der Waals surface area contributed by atoms with Crippen molar-refractivity contribution in [2.45, 2.75) is 6.54 Å². The SMILES string of the molecule is O=C(NCc1c(F)cccc1F)C1CN(C(=O)c2c[nH]c3ccccc23)C1. The second-order valence-corrected chi connectivity index (χ2v) is 6.57. The minimum absolute atomic E-state index is 0.142. The molecular formula is C20H17F2N3O2. The summed E-state index contributed by atoms with van der Waals surface area (Å²) in [5.41, 5.74) is 1.28. The van der Waals surface area contributed by atoms with Crippen LogP contribution < -0.4 is 5.32 Å². The Morgan fingerprint density at radius 1 is 1.07 bits per heavy atom. The molecule has 2 aromatic carbocycles. The molecule has 0 atom stereocenters. The van der Waals surface area contributed by atoms with E-state index in [-0.39, 0.29) is 42.9 Å². The molecule has 0 radical (unpaired) electrons. The van der Waals surface area contributed by atoms with Gasteiger partial charge >= 0.3 is 0 Å². The molecule has 0 saturated carbocycles. The summed E-state index contributed by atoms with van der Waals surface area (Å²) < 4.78 is 27.2. The zero-order valence-electron chi connectivity index (χ0n) is 14.3. The first kappa shape index (κ1) is 17.2. The van der Waals surface area contributed by atoms with E-state index in [0.29, 0.717) is 5.56 Å². The van der Waals surface area contributed by atoms with Crippen molar-refractivity contribution in [3.8, 4) is 0 Å². The molecule has 7 heteroatoms. The van der Waals surface area contributed by atoms with Gasteiger partial charge in [0.2, 0.25) is 5.91 Å². The van der Waals surface area contributed by atoms with Crippen LogP contribution in [0.15, 0.2) is 48.7 Å². The van der Waals surface area contributed by atoms with Gasteiger partial charge in [0, 0.05) is 42.3 Å². The van der Waals surface area contributed by atoms with Gasteiger partial charge in [-0.1, -0.05) is 24.3 Å². The topological polar surface area (TPSA) is 65.2 Å². The standard InChI is InChI=1S/C20H17F2N3O2/c21-16-5-3-6-17(22)15(16)9-24-19(26)12-10-25(11-12)20(27)14-8-23-18-7-2-1-4-13(14)18/h1-8,12,23H,9-11H2,(H,24,26). The first-order chi connectivity index (χ1) is 13.0. The fourth-order valence-corrected chi connectivity index (χ4v) is 3.25. The number of hydrogen-bond acceptors (Lipinski definition) is 2. The minimum atomic E-state index is -0.694. The van der Waals surface area contributed by atoms with E-state index in [9.17, 15) is 18.4 Å². The summed E-state index contributed by atoms with van der Waals surface area (Å²) >= 11 is 0. The Bertz CT molecular complexity index is 1000. The van der Waals surface area contributed by atoms with E-state index in [1.54, 1.807) is 11.1 Å². The number of hydrogen-bond donors (Lipinski definition) is 2. The number of carbonyl (C=O) groups excluding carboxylic acids is 2. The molecule has 0 spiro atoms. The quantitative estimate of drug-likeness (QED) is 0.743. The Morgan fingerprint density at radius 2 is 1.78 bits per heavy atom. The van der Waals surface area contributed by atoms with Gasteiger partial charge in [0.15, 0.2) is 0 Å². The van der Waals surface area contributed by atoms with E-state index in [1.165, 1.54) is 6.07 Å². The van der Waals surface area contributed by atoms with Gasteiger partial charge in [-0.2, -0.15) is 0 Å². The molecule has 27 heavy (non-hydrogen) atoms. The lowest BCUT2D eigenvalue weighted by molar-refractivity contribution is -0.129. The summed E-state index contributed by atoms with van der Waals surface area (Å²) in [5.74, 6) is -2.23. The third-order valence-corrected chi connectivity index (χ3v) is 4.86. The number of aromatic nitrogens is 1. The Kier molecular flexibility index (Phi) is 4.35. The molecule has 2 heterocycles. The molecule has 1 aliphatic rings. The smallest absolute Gasteiger partial charge is 0.256 e. The number of benzene rings is 2. The van der Waals surface area contributed by atoms with Gasteiger partial charge in [0.1, 0.15) is 11.6 Å². The number of likely N-dealkylation sites (tertiary alicyclic amines) is 1. The Hall–Kier alpha value is -3.22. The van der Waals surface area contributed by atoms with Gasteiger partial charge in [0.05, 0.1) is 11.5 Å². The van der Waals surface area contributed by atoms with Crippen LogP contribution in [0.25, 0.3) is 10.9 Å². The predicted octanol–water partition coefficient (Wildman–Crippen LogP) is 2.83. The Balaban J connectivity index is 1.35. The van der Waals surface area contributed by atoms with Crippen LogP contribution in [0, 0.1) is 17.6 Å². The number of nitrogens with one attached hydrogen (secondary N) is 2. The molecule has 3 aromatic rings. The molecule has 1 aromatic heterocycles. The highest BCUT2D eigenvalue weighted by Crippen LogP contribution is 2.24.